The van der Waals surface area contributed by atoms with Gasteiger partial charge in [-0.05, 0) is 72.3 Å². The third kappa shape index (κ3) is 8.29. The van der Waals surface area contributed by atoms with Crippen LogP contribution in [-0.2, 0) is 20.9 Å². The molecule has 0 aliphatic carbocycles. The first-order valence-corrected chi connectivity index (χ1v) is 14.8. The number of nitrogens with zero attached hydrogens (tertiary/aromatic N) is 1. The largest absolute Gasteiger partial charge is 0.489 e. The van der Waals surface area contributed by atoms with Crippen LogP contribution in [0.2, 0.25) is 15.1 Å². The highest BCUT2D eigenvalue weighted by Crippen LogP contribution is 2.33. The lowest BCUT2D eigenvalue weighted by atomic mass is 10.2. The normalized spacial score (nSPS) is 13.9. The van der Waals surface area contributed by atoms with Crippen molar-refractivity contribution in [1.29, 1.82) is 0 Å². The van der Waals surface area contributed by atoms with Crippen molar-refractivity contribution in [3.8, 4) is 5.75 Å². The average Bonchev–Trinajstić information content (AvgIpc) is 3.21. The molecule has 0 saturated carbocycles. The molecule has 0 atom stereocenters. The summed E-state index contributed by atoms with van der Waals surface area (Å²) >= 11 is 19.0. The van der Waals surface area contributed by atoms with Crippen molar-refractivity contribution in [2.75, 3.05) is 18.5 Å². The van der Waals surface area contributed by atoms with E-state index in [1.54, 1.807) is 48.5 Å². The van der Waals surface area contributed by atoms with Crippen LogP contribution in [0, 0.1) is 0 Å². The van der Waals surface area contributed by atoms with Crippen molar-refractivity contribution in [2.24, 2.45) is 0 Å². The molecule has 3 amide bonds. The molecule has 1 N–H and O–H groups in total. The number of amides is 3. The molecule has 3 aromatic carbocycles. The van der Waals surface area contributed by atoms with Crippen LogP contribution in [-0.4, -0.2) is 41.1 Å². The van der Waals surface area contributed by atoms with Crippen LogP contribution in [0.3, 0.4) is 0 Å². The number of ether oxygens (including phenoxy) is 2. The smallest absolute Gasteiger partial charge is 0.339 e. The molecule has 1 fully saturated rings. The van der Waals surface area contributed by atoms with Crippen LogP contribution < -0.4 is 10.1 Å². The van der Waals surface area contributed by atoms with E-state index >= 15 is 0 Å². The third-order valence-corrected chi connectivity index (χ3v) is 7.77. The Bertz CT molecular complexity index is 1560. The number of anilines is 1. The first-order chi connectivity index (χ1) is 20.1. The molecular weight excluding hydrogens is 623 g/mol. The quantitative estimate of drug-likeness (QED) is 0.128. The molecule has 1 saturated heterocycles. The van der Waals surface area contributed by atoms with Gasteiger partial charge < -0.3 is 14.8 Å². The minimum absolute atomic E-state index is 0.0992. The maximum Gasteiger partial charge on any atom is 0.339 e. The topological polar surface area (TPSA) is 102 Å². The lowest BCUT2D eigenvalue weighted by Gasteiger charge is -2.13. The fourth-order valence-corrected chi connectivity index (χ4v) is 5.27. The van der Waals surface area contributed by atoms with Crippen LogP contribution in [0.4, 0.5) is 10.5 Å². The zero-order valence-electron chi connectivity index (χ0n) is 22.3. The Balaban J connectivity index is 1.38. The molecule has 1 aliphatic rings. The Kier molecular flexibility index (Phi) is 10.9. The predicted octanol–water partition coefficient (Wildman–Crippen LogP) is 7.86. The summed E-state index contributed by atoms with van der Waals surface area (Å²) < 4.78 is 11.0. The number of rotatable bonds is 11. The number of nitrogens with one attached hydrogen (secondary N) is 1. The molecule has 0 bridgehead atoms. The number of esters is 1. The second kappa shape index (κ2) is 14.6. The maximum atomic E-state index is 13.0. The van der Waals surface area contributed by atoms with Crippen molar-refractivity contribution in [3.63, 3.8) is 0 Å². The Morgan fingerprint density at radius 1 is 1.00 bits per heavy atom. The number of unbranched alkanes of at least 4 members (excludes halogenated alkanes) is 1. The van der Waals surface area contributed by atoms with E-state index in [1.807, 2.05) is 6.92 Å². The van der Waals surface area contributed by atoms with Crippen molar-refractivity contribution in [3.05, 3.63) is 97.3 Å². The molecule has 0 unspecified atom stereocenters. The van der Waals surface area contributed by atoms with Gasteiger partial charge in [-0.15, -0.1) is 0 Å². The predicted molar refractivity (Wildman–Crippen MR) is 165 cm³/mol. The van der Waals surface area contributed by atoms with Crippen LogP contribution >= 0.6 is 46.6 Å². The molecule has 1 aliphatic heterocycles. The third-order valence-electron chi connectivity index (χ3n) is 5.94. The second-order valence-electron chi connectivity index (χ2n) is 9.10. The minimum atomic E-state index is -0.623. The van der Waals surface area contributed by atoms with Crippen molar-refractivity contribution >= 4 is 81.4 Å². The van der Waals surface area contributed by atoms with Crippen LogP contribution in [0.1, 0.15) is 41.3 Å². The van der Waals surface area contributed by atoms with Gasteiger partial charge in [0.25, 0.3) is 11.1 Å². The van der Waals surface area contributed by atoms with Gasteiger partial charge in [-0.1, -0.05) is 66.3 Å². The van der Waals surface area contributed by atoms with E-state index in [9.17, 15) is 19.2 Å². The SMILES string of the molecule is CCCCOC(=O)c1cc(NC(=O)CN2C(=O)S/C(=C/c3cccc(OCc4ccc(Cl)cc4Cl)c3)C2=O)ccc1Cl. The van der Waals surface area contributed by atoms with E-state index in [4.69, 9.17) is 44.3 Å². The summed E-state index contributed by atoms with van der Waals surface area (Å²) in [5, 5.41) is 3.19. The van der Waals surface area contributed by atoms with Crippen LogP contribution in [0.5, 0.6) is 5.75 Å². The summed E-state index contributed by atoms with van der Waals surface area (Å²) in [5.74, 6) is -1.30. The van der Waals surface area contributed by atoms with Crippen molar-refractivity contribution in [1.82, 2.24) is 4.90 Å². The summed E-state index contributed by atoms with van der Waals surface area (Å²) in [5.41, 5.74) is 1.75. The highest BCUT2D eigenvalue weighted by molar-refractivity contribution is 8.18. The van der Waals surface area contributed by atoms with E-state index in [1.165, 1.54) is 18.2 Å². The van der Waals surface area contributed by atoms with Crippen LogP contribution in [0.15, 0.2) is 65.6 Å². The maximum absolute atomic E-state index is 13.0. The van der Waals surface area contributed by atoms with Crippen molar-refractivity contribution in [2.45, 2.75) is 26.4 Å². The standard InChI is InChI=1S/C30H25Cl3N2O6S/c1-2-3-11-40-29(38)23-15-21(9-10-24(23)32)34-27(36)16-35-28(37)26(42-30(35)39)13-18-5-4-6-22(12-18)41-17-19-7-8-20(31)14-25(19)33/h4-10,12-15H,2-3,11,16-17H2,1H3,(H,34,36)/b26-13+. The summed E-state index contributed by atoms with van der Waals surface area (Å²) in [6.45, 7) is 1.93. The molecule has 0 spiro atoms. The first kappa shape index (κ1) is 31.4. The summed E-state index contributed by atoms with van der Waals surface area (Å²) in [7, 11) is 0. The second-order valence-corrected chi connectivity index (χ2v) is 11.3. The van der Waals surface area contributed by atoms with Gasteiger partial charge in [-0.3, -0.25) is 19.3 Å². The van der Waals surface area contributed by atoms with Crippen molar-refractivity contribution < 1.29 is 28.7 Å². The number of imide groups is 1. The van der Waals surface area contributed by atoms with E-state index in [0.717, 1.165) is 28.6 Å². The monoisotopic (exact) mass is 646 g/mol. The molecule has 218 valence electrons. The number of hydrogen-bond acceptors (Lipinski definition) is 7. The number of benzene rings is 3. The van der Waals surface area contributed by atoms with Gasteiger partial charge >= 0.3 is 5.97 Å². The Morgan fingerprint density at radius 3 is 2.57 bits per heavy atom. The summed E-state index contributed by atoms with van der Waals surface area (Å²) in [6.07, 6.45) is 3.13. The highest BCUT2D eigenvalue weighted by atomic mass is 35.5. The highest BCUT2D eigenvalue weighted by Gasteiger charge is 2.36. The molecular formula is C30H25Cl3N2O6S. The zero-order chi connectivity index (χ0) is 30.2. The van der Waals surface area contributed by atoms with Gasteiger partial charge in [-0.2, -0.15) is 0 Å². The van der Waals surface area contributed by atoms with Crippen LogP contribution in [0.25, 0.3) is 6.08 Å². The Morgan fingerprint density at radius 2 is 1.81 bits per heavy atom. The molecule has 12 heteroatoms. The fourth-order valence-electron chi connectivity index (χ4n) is 3.77. The molecule has 1 heterocycles. The van der Waals surface area contributed by atoms with Gasteiger partial charge in [0.05, 0.1) is 22.1 Å². The number of halogens is 3. The lowest BCUT2D eigenvalue weighted by Crippen LogP contribution is -2.36. The molecule has 42 heavy (non-hydrogen) atoms. The minimum Gasteiger partial charge on any atom is -0.489 e. The summed E-state index contributed by atoms with van der Waals surface area (Å²) in [6, 6.07) is 16.5. The molecule has 0 radical (unpaired) electrons. The van der Waals surface area contributed by atoms with Gasteiger partial charge in [0.15, 0.2) is 0 Å². The molecule has 0 aromatic heterocycles. The molecule has 8 nitrogen and oxygen atoms in total. The number of carbonyl (C=O) groups is 4. The number of carbonyl (C=O) groups excluding carboxylic acids is 4. The van der Waals surface area contributed by atoms with Gasteiger partial charge in [0, 0.05) is 21.3 Å². The molecule has 3 aromatic rings. The van der Waals surface area contributed by atoms with Gasteiger partial charge in [-0.25, -0.2) is 4.79 Å². The Labute approximate surface area is 261 Å². The lowest BCUT2D eigenvalue weighted by molar-refractivity contribution is -0.127. The Hall–Kier alpha value is -3.50. The van der Waals surface area contributed by atoms with E-state index < -0.39 is 29.6 Å². The number of thioether (sulfide) groups is 1. The van der Waals surface area contributed by atoms with E-state index in [-0.39, 0.29) is 34.4 Å². The van der Waals surface area contributed by atoms with Gasteiger partial charge in [0.1, 0.15) is 18.9 Å². The van der Waals surface area contributed by atoms with E-state index in [2.05, 4.69) is 5.32 Å². The zero-order valence-corrected chi connectivity index (χ0v) is 25.4. The molecule has 4 rings (SSSR count). The fraction of sp³-hybridized carbons (Fsp3) is 0.200. The van der Waals surface area contributed by atoms with E-state index in [0.29, 0.717) is 27.8 Å². The summed E-state index contributed by atoms with van der Waals surface area (Å²) in [4.78, 5) is 51.6. The first-order valence-electron chi connectivity index (χ1n) is 12.8. The number of hydrogen-bond donors (Lipinski definition) is 1. The van der Waals surface area contributed by atoms with Gasteiger partial charge in [0.2, 0.25) is 5.91 Å². The average molecular weight is 648 g/mol.